The highest BCUT2D eigenvalue weighted by Gasteiger charge is 2.24. The summed E-state index contributed by atoms with van der Waals surface area (Å²) < 4.78 is 26.0. The van der Waals surface area contributed by atoms with Crippen molar-refractivity contribution >= 4 is 21.6 Å². The second-order valence-electron chi connectivity index (χ2n) is 7.48. The number of aryl methyl sites for hydroxylation is 1. The van der Waals surface area contributed by atoms with Crippen LogP contribution in [0.2, 0.25) is 0 Å². The maximum atomic E-state index is 12.6. The quantitative estimate of drug-likeness (QED) is 0.695. The summed E-state index contributed by atoms with van der Waals surface area (Å²) in [4.78, 5) is 12.6. The molecule has 2 aromatic rings. The summed E-state index contributed by atoms with van der Waals surface area (Å²) in [5.74, 6) is -0.155. The molecule has 0 aliphatic rings. The van der Waals surface area contributed by atoms with E-state index in [0.717, 1.165) is 24.7 Å². The highest BCUT2D eigenvalue weighted by atomic mass is 32.2. The molecule has 1 N–H and O–H groups in total. The number of carbonyl (C=O) groups is 1. The van der Waals surface area contributed by atoms with Gasteiger partial charge >= 0.3 is 0 Å². The first-order valence-electron chi connectivity index (χ1n) is 9.58. The summed E-state index contributed by atoms with van der Waals surface area (Å²) in [7, 11) is -3.59. The van der Waals surface area contributed by atoms with E-state index in [1.54, 1.807) is 12.1 Å². The SMILES string of the molecule is CC(C)c1ccccc1N(CC(=O)N[C@H](C)CCc1ccccc1)S(C)(=O)=O. The average molecular weight is 403 g/mol. The Morgan fingerprint density at radius 3 is 2.21 bits per heavy atom. The van der Waals surface area contributed by atoms with E-state index in [4.69, 9.17) is 0 Å². The van der Waals surface area contributed by atoms with Crippen LogP contribution in [-0.2, 0) is 21.2 Å². The predicted molar refractivity (Wildman–Crippen MR) is 115 cm³/mol. The number of hydrogen-bond acceptors (Lipinski definition) is 3. The third-order valence-electron chi connectivity index (χ3n) is 4.63. The van der Waals surface area contributed by atoms with Gasteiger partial charge in [-0.1, -0.05) is 62.4 Å². The Hall–Kier alpha value is -2.34. The molecule has 0 spiro atoms. The van der Waals surface area contributed by atoms with E-state index in [-0.39, 0.29) is 24.4 Å². The van der Waals surface area contributed by atoms with Crippen molar-refractivity contribution in [2.75, 3.05) is 17.1 Å². The second-order valence-corrected chi connectivity index (χ2v) is 9.38. The van der Waals surface area contributed by atoms with Gasteiger partial charge in [0, 0.05) is 6.04 Å². The van der Waals surface area contributed by atoms with Crippen molar-refractivity contribution in [3.8, 4) is 0 Å². The number of rotatable bonds is 9. The van der Waals surface area contributed by atoms with Crippen LogP contribution in [0.15, 0.2) is 54.6 Å². The van der Waals surface area contributed by atoms with Crippen LogP contribution in [0.3, 0.4) is 0 Å². The smallest absolute Gasteiger partial charge is 0.240 e. The van der Waals surface area contributed by atoms with Gasteiger partial charge in [-0.25, -0.2) is 8.42 Å². The fraction of sp³-hybridized carbons (Fsp3) is 0.409. The van der Waals surface area contributed by atoms with Crippen molar-refractivity contribution in [1.29, 1.82) is 0 Å². The van der Waals surface area contributed by atoms with Gasteiger partial charge in [0.1, 0.15) is 6.54 Å². The lowest BCUT2D eigenvalue weighted by Gasteiger charge is -2.26. The number of carbonyl (C=O) groups excluding carboxylic acids is 1. The van der Waals surface area contributed by atoms with Gasteiger partial charge in [0.2, 0.25) is 15.9 Å². The highest BCUT2D eigenvalue weighted by Crippen LogP contribution is 2.28. The Balaban J connectivity index is 2.06. The molecule has 5 nitrogen and oxygen atoms in total. The number of amides is 1. The first-order valence-corrected chi connectivity index (χ1v) is 11.4. The topological polar surface area (TPSA) is 66.5 Å². The fourth-order valence-corrected chi connectivity index (χ4v) is 4.01. The average Bonchev–Trinajstić information content (AvgIpc) is 2.64. The molecule has 6 heteroatoms. The molecule has 0 unspecified atom stereocenters. The van der Waals surface area contributed by atoms with Crippen LogP contribution in [0.25, 0.3) is 0 Å². The molecule has 2 rings (SSSR count). The van der Waals surface area contributed by atoms with Crippen molar-refractivity contribution in [1.82, 2.24) is 5.32 Å². The summed E-state index contributed by atoms with van der Waals surface area (Å²) in [6.45, 7) is 5.72. The number of sulfonamides is 1. The van der Waals surface area contributed by atoms with E-state index in [1.807, 2.05) is 51.1 Å². The van der Waals surface area contributed by atoms with Gasteiger partial charge in [0.05, 0.1) is 11.9 Å². The Morgan fingerprint density at radius 1 is 1.00 bits per heavy atom. The minimum Gasteiger partial charge on any atom is -0.352 e. The van der Waals surface area contributed by atoms with Crippen molar-refractivity contribution in [2.24, 2.45) is 0 Å². The Bertz CT molecular complexity index is 880. The zero-order valence-electron chi connectivity index (χ0n) is 17.1. The predicted octanol–water partition coefficient (Wildman–Crippen LogP) is 3.71. The highest BCUT2D eigenvalue weighted by molar-refractivity contribution is 7.92. The molecule has 0 heterocycles. The van der Waals surface area contributed by atoms with Crippen LogP contribution in [0.4, 0.5) is 5.69 Å². The van der Waals surface area contributed by atoms with Crippen LogP contribution in [-0.4, -0.2) is 33.2 Å². The van der Waals surface area contributed by atoms with Gasteiger partial charge in [-0.05, 0) is 42.9 Å². The molecule has 152 valence electrons. The second kappa shape index (κ2) is 9.73. The molecule has 0 aliphatic heterocycles. The van der Waals surface area contributed by atoms with Crippen LogP contribution in [0.1, 0.15) is 44.2 Å². The number of nitrogens with zero attached hydrogens (tertiary/aromatic N) is 1. The fourth-order valence-electron chi connectivity index (χ4n) is 3.13. The molecule has 1 amide bonds. The van der Waals surface area contributed by atoms with Crippen molar-refractivity contribution < 1.29 is 13.2 Å². The van der Waals surface area contributed by atoms with Crippen LogP contribution >= 0.6 is 0 Å². The molecule has 1 atom stereocenters. The van der Waals surface area contributed by atoms with Crippen LogP contribution in [0, 0.1) is 0 Å². The number of benzene rings is 2. The van der Waals surface area contributed by atoms with Gasteiger partial charge in [-0.2, -0.15) is 0 Å². The molecule has 0 fully saturated rings. The summed E-state index contributed by atoms with van der Waals surface area (Å²) >= 11 is 0. The Kier molecular flexibility index (Phi) is 7.63. The lowest BCUT2D eigenvalue weighted by atomic mass is 10.0. The largest absolute Gasteiger partial charge is 0.352 e. The molecule has 0 aromatic heterocycles. The lowest BCUT2D eigenvalue weighted by molar-refractivity contribution is -0.120. The number of nitrogens with one attached hydrogen (secondary N) is 1. The first kappa shape index (κ1) is 22.0. The normalized spacial score (nSPS) is 12.6. The van der Waals surface area contributed by atoms with E-state index < -0.39 is 10.0 Å². The number of hydrogen-bond donors (Lipinski definition) is 1. The minimum absolute atomic E-state index is 0.0468. The van der Waals surface area contributed by atoms with E-state index in [1.165, 1.54) is 9.87 Å². The minimum atomic E-state index is -3.59. The van der Waals surface area contributed by atoms with Crippen LogP contribution < -0.4 is 9.62 Å². The maximum absolute atomic E-state index is 12.6. The lowest BCUT2D eigenvalue weighted by Crippen LogP contribution is -2.43. The monoisotopic (exact) mass is 402 g/mol. The van der Waals surface area contributed by atoms with Gasteiger partial charge in [-0.3, -0.25) is 9.10 Å². The van der Waals surface area contributed by atoms with E-state index in [9.17, 15) is 13.2 Å². The van der Waals surface area contributed by atoms with Crippen molar-refractivity contribution in [2.45, 2.75) is 45.6 Å². The molecule has 0 bridgehead atoms. The van der Waals surface area contributed by atoms with Crippen molar-refractivity contribution in [3.05, 3.63) is 65.7 Å². The van der Waals surface area contributed by atoms with Crippen molar-refractivity contribution in [3.63, 3.8) is 0 Å². The maximum Gasteiger partial charge on any atom is 0.240 e. The Labute approximate surface area is 168 Å². The molecule has 0 saturated heterocycles. The van der Waals surface area contributed by atoms with Gasteiger partial charge in [-0.15, -0.1) is 0 Å². The molecule has 0 aliphatic carbocycles. The van der Waals surface area contributed by atoms with E-state index in [2.05, 4.69) is 17.4 Å². The zero-order chi connectivity index (χ0) is 20.7. The number of para-hydroxylation sites is 1. The van der Waals surface area contributed by atoms with Gasteiger partial charge in [0.25, 0.3) is 0 Å². The molecule has 0 radical (unpaired) electrons. The van der Waals surface area contributed by atoms with Gasteiger partial charge in [0.15, 0.2) is 0 Å². The summed E-state index contributed by atoms with van der Waals surface area (Å²) in [5.41, 5.74) is 2.68. The molecule has 2 aromatic carbocycles. The molecular formula is C22H30N2O3S. The van der Waals surface area contributed by atoms with Gasteiger partial charge < -0.3 is 5.32 Å². The third kappa shape index (κ3) is 6.37. The first-order chi connectivity index (χ1) is 13.2. The Morgan fingerprint density at radius 2 is 1.61 bits per heavy atom. The molecule has 28 heavy (non-hydrogen) atoms. The number of anilines is 1. The standard InChI is InChI=1S/C22H30N2O3S/c1-17(2)20-12-8-9-13-21(20)24(28(4,26)27)16-22(25)23-18(3)14-15-19-10-6-5-7-11-19/h5-13,17-18H,14-16H2,1-4H3,(H,23,25)/t18-/m1/s1. The summed E-state index contributed by atoms with van der Waals surface area (Å²) in [6.07, 6.45) is 2.78. The van der Waals surface area contributed by atoms with E-state index in [0.29, 0.717) is 5.69 Å². The molecule has 0 saturated carbocycles. The summed E-state index contributed by atoms with van der Waals surface area (Å²) in [5, 5.41) is 2.93. The van der Waals surface area contributed by atoms with Crippen LogP contribution in [0.5, 0.6) is 0 Å². The summed E-state index contributed by atoms with van der Waals surface area (Å²) in [6, 6.07) is 17.4. The van der Waals surface area contributed by atoms with E-state index >= 15 is 0 Å². The zero-order valence-corrected chi connectivity index (χ0v) is 17.9. The molecular weight excluding hydrogens is 372 g/mol. The third-order valence-corrected chi connectivity index (χ3v) is 5.76.